The van der Waals surface area contributed by atoms with Crippen molar-refractivity contribution in [1.29, 1.82) is 5.41 Å². The molecule has 0 heterocycles. The van der Waals surface area contributed by atoms with Gasteiger partial charge < -0.3 is 31.6 Å². The highest BCUT2D eigenvalue weighted by molar-refractivity contribution is 5.95. The van der Waals surface area contributed by atoms with Crippen LogP contribution in [0.4, 0.5) is 4.79 Å². The molecule has 2 aromatic rings. The summed E-state index contributed by atoms with van der Waals surface area (Å²) in [4.78, 5) is 23.3. The molecule has 0 spiro atoms. The van der Waals surface area contributed by atoms with Crippen molar-refractivity contribution in [2.75, 3.05) is 26.2 Å². The molecule has 2 aromatic carbocycles. The Morgan fingerprint density at radius 3 is 2.42 bits per heavy atom. The predicted molar refractivity (Wildman–Crippen MR) is 129 cm³/mol. The van der Waals surface area contributed by atoms with Crippen molar-refractivity contribution in [3.8, 4) is 5.75 Å². The standard InChI is InChI=1S/C20H24N4O4.C4H11N/c21-19(22)16-8-4-9-17(12-16)27-11-5-10-23-18(25)13-24-20(26)28-14-15-6-2-1-3-7-15;1-2-3-4-5/h1-4,6-9,12H,5,10-11,13-14H2,(H3,21,22)(H,23,25)(H,24,26);2-5H2,1H3. The van der Waals surface area contributed by atoms with Crippen molar-refractivity contribution in [1.82, 2.24) is 10.6 Å². The van der Waals surface area contributed by atoms with E-state index in [0.717, 1.165) is 12.1 Å². The molecule has 0 aliphatic carbocycles. The summed E-state index contributed by atoms with van der Waals surface area (Å²) < 4.78 is 10.6. The van der Waals surface area contributed by atoms with E-state index < -0.39 is 6.09 Å². The van der Waals surface area contributed by atoms with Crippen molar-refractivity contribution in [2.24, 2.45) is 11.5 Å². The van der Waals surface area contributed by atoms with Gasteiger partial charge in [0.25, 0.3) is 0 Å². The summed E-state index contributed by atoms with van der Waals surface area (Å²) in [5, 5.41) is 12.5. The minimum atomic E-state index is -0.646. The highest BCUT2D eigenvalue weighted by Crippen LogP contribution is 2.12. The minimum absolute atomic E-state index is 0.0208. The number of nitrogens with one attached hydrogen (secondary N) is 3. The molecule has 0 fully saturated rings. The van der Waals surface area contributed by atoms with E-state index in [2.05, 4.69) is 17.6 Å². The quantitative estimate of drug-likeness (QED) is 0.188. The Morgan fingerprint density at radius 2 is 1.79 bits per heavy atom. The molecule has 0 saturated heterocycles. The van der Waals surface area contributed by atoms with E-state index >= 15 is 0 Å². The van der Waals surface area contributed by atoms with Crippen molar-refractivity contribution in [3.63, 3.8) is 0 Å². The maximum atomic E-state index is 11.7. The molecular weight excluding hydrogens is 422 g/mol. The Bertz CT molecular complexity index is 844. The lowest BCUT2D eigenvalue weighted by atomic mass is 10.2. The normalized spacial score (nSPS) is 9.76. The number of ether oxygens (including phenoxy) is 2. The fourth-order valence-electron chi connectivity index (χ4n) is 2.44. The molecule has 33 heavy (non-hydrogen) atoms. The number of amidine groups is 1. The van der Waals surface area contributed by atoms with E-state index in [-0.39, 0.29) is 24.9 Å². The van der Waals surface area contributed by atoms with Gasteiger partial charge in [0.05, 0.1) is 13.2 Å². The number of unbranched alkanes of at least 4 members (excludes halogenated alkanes) is 1. The van der Waals surface area contributed by atoms with Gasteiger partial charge in [-0.05, 0) is 37.1 Å². The average molecular weight is 458 g/mol. The van der Waals surface area contributed by atoms with Crippen LogP contribution < -0.4 is 26.8 Å². The van der Waals surface area contributed by atoms with E-state index in [4.69, 9.17) is 26.4 Å². The van der Waals surface area contributed by atoms with Crippen LogP contribution in [0.2, 0.25) is 0 Å². The van der Waals surface area contributed by atoms with E-state index in [0.29, 0.717) is 30.9 Å². The summed E-state index contributed by atoms with van der Waals surface area (Å²) in [6.07, 6.45) is 2.33. The smallest absolute Gasteiger partial charge is 0.407 e. The highest BCUT2D eigenvalue weighted by atomic mass is 16.5. The van der Waals surface area contributed by atoms with E-state index in [9.17, 15) is 9.59 Å². The number of rotatable bonds is 12. The molecule has 2 rings (SSSR count). The first-order valence-corrected chi connectivity index (χ1v) is 10.9. The average Bonchev–Trinajstić information content (AvgIpc) is 2.83. The van der Waals surface area contributed by atoms with Crippen LogP contribution in [0.15, 0.2) is 54.6 Å². The number of hydrogen-bond donors (Lipinski definition) is 5. The fraction of sp³-hybridized carbons (Fsp3) is 0.375. The summed E-state index contributed by atoms with van der Waals surface area (Å²) >= 11 is 0. The second kappa shape index (κ2) is 17.0. The van der Waals surface area contributed by atoms with Gasteiger partial charge in [-0.3, -0.25) is 10.2 Å². The number of carbonyl (C=O) groups is 2. The van der Waals surface area contributed by atoms with Gasteiger partial charge in [0.2, 0.25) is 5.91 Å². The monoisotopic (exact) mass is 457 g/mol. The minimum Gasteiger partial charge on any atom is -0.494 e. The van der Waals surface area contributed by atoms with Crippen molar-refractivity contribution >= 4 is 17.8 Å². The summed E-state index contributed by atoms with van der Waals surface area (Å²) in [5.41, 5.74) is 12.0. The lowest BCUT2D eigenvalue weighted by Gasteiger charge is -2.09. The van der Waals surface area contributed by atoms with Crippen LogP contribution in [0.3, 0.4) is 0 Å². The van der Waals surface area contributed by atoms with Gasteiger partial charge in [0.1, 0.15) is 18.2 Å². The SMILES string of the molecule is CCCCN.N=C(N)c1cccc(OCCCNC(=O)CNC(=O)OCc2ccccc2)c1. The van der Waals surface area contributed by atoms with Crippen LogP contribution in [-0.4, -0.2) is 44.1 Å². The van der Waals surface area contributed by atoms with Crippen LogP contribution in [0.25, 0.3) is 0 Å². The van der Waals surface area contributed by atoms with Gasteiger partial charge in [-0.15, -0.1) is 0 Å². The van der Waals surface area contributed by atoms with Crippen molar-refractivity contribution in [2.45, 2.75) is 32.8 Å². The Kier molecular flexibility index (Phi) is 14.2. The number of nitrogens with two attached hydrogens (primary N) is 2. The summed E-state index contributed by atoms with van der Waals surface area (Å²) in [5.74, 6) is 0.282. The van der Waals surface area contributed by atoms with Crippen LogP contribution in [-0.2, 0) is 16.1 Å². The second-order valence-corrected chi connectivity index (χ2v) is 7.05. The first-order chi connectivity index (χ1) is 16.0. The third kappa shape index (κ3) is 13.4. The van der Waals surface area contributed by atoms with E-state index in [1.54, 1.807) is 24.3 Å². The van der Waals surface area contributed by atoms with Crippen LogP contribution in [0, 0.1) is 5.41 Å². The van der Waals surface area contributed by atoms with Crippen molar-refractivity contribution in [3.05, 3.63) is 65.7 Å². The first-order valence-electron chi connectivity index (χ1n) is 10.9. The number of amides is 2. The molecule has 9 nitrogen and oxygen atoms in total. The van der Waals surface area contributed by atoms with Gasteiger partial charge in [-0.1, -0.05) is 55.8 Å². The van der Waals surface area contributed by atoms with Crippen LogP contribution >= 0.6 is 0 Å². The molecule has 9 heteroatoms. The predicted octanol–water partition coefficient (Wildman–Crippen LogP) is 2.53. The Balaban J connectivity index is 0.000000981. The highest BCUT2D eigenvalue weighted by Gasteiger charge is 2.06. The number of benzene rings is 2. The zero-order chi connectivity index (χ0) is 24.3. The Morgan fingerprint density at radius 1 is 1.03 bits per heavy atom. The second-order valence-electron chi connectivity index (χ2n) is 7.05. The molecule has 2 amide bonds. The number of carbonyl (C=O) groups excluding carboxylic acids is 2. The molecule has 0 bridgehead atoms. The maximum Gasteiger partial charge on any atom is 0.407 e. The molecule has 0 aliphatic rings. The fourth-order valence-corrected chi connectivity index (χ4v) is 2.44. The first kappa shape index (κ1) is 27.4. The van der Waals surface area contributed by atoms with E-state index in [1.165, 1.54) is 12.8 Å². The van der Waals surface area contributed by atoms with Gasteiger partial charge in [-0.2, -0.15) is 0 Å². The molecular formula is C24H35N5O4. The largest absolute Gasteiger partial charge is 0.494 e. The van der Waals surface area contributed by atoms with Gasteiger partial charge in [0, 0.05) is 12.1 Å². The molecule has 0 unspecified atom stereocenters. The third-order valence-electron chi connectivity index (χ3n) is 4.22. The van der Waals surface area contributed by atoms with Crippen LogP contribution in [0.1, 0.15) is 37.3 Å². The van der Waals surface area contributed by atoms with Crippen LogP contribution in [0.5, 0.6) is 5.75 Å². The number of nitrogen functional groups attached to an aromatic ring is 1. The molecule has 7 N–H and O–H groups in total. The summed E-state index contributed by atoms with van der Waals surface area (Å²) in [6, 6.07) is 16.2. The molecule has 0 aliphatic heterocycles. The topological polar surface area (TPSA) is 153 Å². The van der Waals surface area contributed by atoms with E-state index in [1.807, 2.05) is 30.3 Å². The molecule has 0 atom stereocenters. The lowest BCUT2D eigenvalue weighted by molar-refractivity contribution is -0.120. The van der Waals surface area contributed by atoms with Gasteiger partial charge in [0.15, 0.2) is 0 Å². The summed E-state index contributed by atoms with van der Waals surface area (Å²) in [6.45, 7) is 3.77. The van der Waals surface area contributed by atoms with Crippen molar-refractivity contribution < 1.29 is 19.1 Å². The lowest BCUT2D eigenvalue weighted by Crippen LogP contribution is -2.37. The molecule has 0 aromatic heterocycles. The summed E-state index contributed by atoms with van der Waals surface area (Å²) in [7, 11) is 0. The van der Waals surface area contributed by atoms with Gasteiger partial charge >= 0.3 is 6.09 Å². The maximum absolute atomic E-state index is 11.7. The van der Waals surface area contributed by atoms with Gasteiger partial charge in [-0.25, -0.2) is 4.79 Å². The third-order valence-corrected chi connectivity index (χ3v) is 4.22. The number of alkyl carbamates (subject to hydrolysis) is 1. The number of hydrogen-bond acceptors (Lipinski definition) is 6. The zero-order valence-corrected chi connectivity index (χ0v) is 19.1. The Hall–Kier alpha value is -3.59. The zero-order valence-electron chi connectivity index (χ0n) is 19.1. The molecule has 180 valence electrons. The molecule has 0 saturated carbocycles. The Labute approximate surface area is 195 Å². The molecule has 0 radical (unpaired) electrons.